The summed E-state index contributed by atoms with van der Waals surface area (Å²) in [6, 6.07) is 8.67. The third-order valence-electron chi connectivity index (χ3n) is 5.43. The Kier molecular flexibility index (Phi) is 6.30. The van der Waals surface area contributed by atoms with Crippen LogP contribution in [0.25, 0.3) is 0 Å². The summed E-state index contributed by atoms with van der Waals surface area (Å²) in [6.45, 7) is 3.04. The summed E-state index contributed by atoms with van der Waals surface area (Å²) in [5.74, 6) is 1.37. The van der Waals surface area contributed by atoms with Gasteiger partial charge < -0.3 is 15.0 Å². The Hall–Kier alpha value is -2.83. The zero-order chi connectivity index (χ0) is 21.8. The van der Waals surface area contributed by atoms with E-state index < -0.39 is 14.9 Å². The molecule has 1 atom stereocenters. The molecule has 0 aliphatic carbocycles. The number of aromatic nitrogens is 2. The Bertz CT molecular complexity index is 1000. The largest absolute Gasteiger partial charge is 0.376 e. The van der Waals surface area contributed by atoms with Gasteiger partial charge in [-0.15, -0.1) is 10.2 Å². The van der Waals surface area contributed by atoms with E-state index in [1.165, 1.54) is 28.6 Å². The van der Waals surface area contributed by atoms with Crippen molar-refractivity contribution in [2.45, 2.75) is 23.8 Å². The molecule has 0 spiro atoms. The third-order valence-corrected chi connectivity index (χ3v) is 7.35. The summed E-state index contributed by atoms with van der Waals surface area (Å²) in [7, 11) is -3.71. The van der Waals surface area contributed by atoms with Crippen LogP contribution in [0.3, 0.4) is 0 Å². The van der Waals surface area contributed by atoms with E-state index in [9.17, 15) is 18.5 Å². The maximum atomic E-state index is 12.8. The van der Waals surface area contributed by atoms with E-state index in [1.807, 2.05) is 17.0 Å². The lowest BCUT2D eigenvalue weighted by Crippen LogP contribution is -2.49. The van der Waals surface area contributed by atoms with Gasteiger partial charge in [-0.25, -0.2) is 8.42 Å². The summed E-state index contributed by atoms with van der Waals surface area (Å²) in [5, 5.41) is 22.5. The summed E-state index contributed by atoms with van der Waals surface area (Å²) >= 11 is 0. The van der Waals surface area contributed by atoms with Crippen LogP contribution in [0.15, 0.2) is 41.3 Å². The number of hydrogen-bond acceptors (Lipinski definition) is 9. The zero-order valence-electron chi connectivity index (χ0n) is 16.9. The molecule has 1 aromatic carbocycles. The van der Waals surface area contributed by atoms with Crippen LogP contribution in [-0.4, -0.2) is 73.3 Å². The van der Waals surface area contributed by atoms with Gasteiger partial charge in [0.05, 0.1) is 15.9 Å². The molecule has 4 rings (SSSR count). The summed E-state index contributed by atoms with van der Waals surface area (Å²) in [4.78, 5) is 12.2. The Morgan fingerprint density at radius 2 is 1.84 bits per heavy atom. The first-order chi connectivity index (χ1) is 14.9. The molecule has 2 saturated heterocycles. The lowest BCUT2D eigenvalue weighted by molar-refractivity contribution is -0.384. The first kappa shape index (κ1) is 21.4. The maximum Gasteiger partial charge on any atom is 0.269 e. The number of nitrogens with one attached hydrogen (secondary N) is 1. The molecule has 0 bridgehead atoms. The first-order valence-electron chi connectivity index (χ1n) is 10.1. The fourth-order valence-corrected chi connectivity index (χ4v) is 5.08. The molecule has 11 nitrogen and oxygen atoms in total. The van der Waals surface area contributed by atoms with Gasteiger partial charge in [-0.05, 0) is 37.1 Å². The molecule has 3 heterocycles. The number of anilines is 2. The van der Waals surface area contributed by atoms with E-state index in [0.717, 1.165) is 19.4 Å². The van der Waals surface area contributed by atoms with E-state index in [2.05, 4.69) is 15.5 Å². The van der Waals surface area contributed by atoms with Gasteiger partial charge in [-0.3, -0.25) is 10.1 Å². The number of benzene rings is 1. The van der Waals surface area contributed by atoms with Crippen molar-refractivity contribution in [3.8, 4) is 0 Å². The Morgan fingerprint density at radius 3 is 2.42 bits per heavy atom. The van der Waals surface area contributed by atoms with Crippen LogP contribution < -0.4 is 10.2 Å². The molecule has 2 aliphatic heterocycles. The molecular formula is C19H24N6O5S. The zero-order valence-corrected chi connectivity index (χ0v) is 17.7. The van der Waals surface area contributed by atoms with Crippen LogP contribution in [0.2, 0.25) is 0 Å². The first-order valence-corrected chi connectivity index (χ1v) is 11.6. The van der Waals surface area contributed by atoms with Crippen molar-refractivity contribution in [2.75, 3.05) is 49.5 Å². The van der Waals surface area contributed by atoms with Crippen molar-refractivity contribution < 1.29 is 18.1 Å². The maximum absolute atomic E-state index is 12.8. The molecule has 1 unspecified atom stereocenters. The Morgan fingerprint density at radius 1 is 1.10 bits per heavy atom. The molecule has 2 aliphatic rings. The lowest BCUT2D eigenvalue weighted by Gasteiger charge is -2.34. The minimum atomic E-state index is -3.71. The van der Waals surface area contributed by atoms with Crippen LogP contribution in [0.5, 0.6) is 0 Å². The second kappa shape index (κ2) is 9.12. The van der Waals surface area contributed by atoms with Crippen LogP contribution in [0.1, 0.15) is 12.8 Å². The summed E-state index contributed by atoms with van der Waals surface area (Å²) in [6.07, 6.45) is 2.35. The smallest absolute Gasteiger partial charge is 0.269 e. The number of sulfonamides is 1. The lowest BCUT2D eigenvalue weighted by atomic mass is 10.2. The second-order valence-electron chi connectivity index (χ2n) is 7.43. The molecular weight excluding hydrogens is 424 g/mol. The van der Waals surface area contributed by atoms with Gasteiger partial charge in [0, 0.05) is 51.5 Å². The predicted octanol–water partition coefficient (Wildman–Crippen LogP) is 1.49. The average Bonchev–Trinajstić information content (AvgIpc) is 3.32. The van der Waals surface area contributed by atoms with E-state index >= 15 is 0 Å². The highest BCUT2D eigenvalue weighted by atomic mass is 32.2. The highest BCUT2D eigenvalue weighted by molar-refractivity contribution is 7.89. The quantitative estimate of drug-likeness (QED) is 0.494. The summed E-state index contributed by atoms with van der Waals surface area (Å²) in [5.41, 5.74) is -0.143. The van der Waals surface area contributed by atoms with Gasteiger partial charge in [0.2, 0.25) is 10.0 Å². The highest BCUT2D eigenvalue weighted by Crippen LogP contribution is 2.22. The molecule has 1 aromatic heterocycles. The van der Waals surface area contributed by atoms with E-state index in [0.29, 0.717) is 44.4 Å². The normalized spacial score (nSPS) is 20.0. The topological polar surface area (TPSA) is 131 Å². The molecule has 2 aromatic rings. The minimum Gasteiger partial charge on any atom is -0.376 e. The van der Waals surface area contributed by atoms with Crippen molar-refractivity contribution >= 4 is 27.3 Å². The second-order valence-corrected chi connectivity index (χ2v) is 9.37. The van der Waals surface area contributed by atoms with Crippen LogP contribution >= 0.6 is 0 Å². The van der Waals surface area contributed by atoms with Crippen molar-refractivity contribution in [3.63, 3.8) is 0 Å². The van der Waals surface area contributed by atoms with E-state index in [1.54, 1.807) is 0 Å². The number of hydrogen-bond donors (Lipinski definition) is 1. The Labute approximate surface area is 180 Å². The molecule has 2 fully saturated rings. The van der Waals surface area contributed by atoms with E-state index in [4.69, 9.17) is 4.74 Å². The number of rotatable bonds is 7. The molecule has 12 heteroatoms. The van der Waals surface area contributed by atoms with Crippen molar-refractivity contribution in [1.29, 1.82) is 0 Å². The number of nitro groups is 1. The van der Waals surface area contributed by atoms with E-state index in [-0.39, 0.29) is 16.7 Å². The number of nitrogens with zero attached hydrogens (tertiary/aromatic N) is 5. The fraction of sp³-hybridized carbons (Fsp3) is 0.474. The monoisotopic (exact) mass is 448 g/mol. The molecule has 0 amide bonds. The van der Waals surface area contributed by atoms with Gasteiger partial charge in [-0.1, -0.05) is 0 Å². The van der Waals surface area contributed by atoms with Gasteiger partial charge in [0.1, 0.15) is 5.82 Å². The Balaban J connectivity index is 1.32. The average molecular weight is 449 g/mol. The molecule has 1 N–H and O–H groups in total. The number of ether oxygens (including phenoxy) is 1. The predicted molar refractivity (Wildman–Crippen MR) is 114 cm³/mol. The fourth-order valence-electron chi connectivity index (χ4n) is 3.66. The van der Waals surface area contributed by atoms with Gasteiger partial charge in [-0.2, -0.15) is 4.31 Å². The van der Waals surface area contributed by atoms with Gasteiger partial charge in [0.15, 0.2) is 5.82 Å². The minimum absolute atomic E-state index is 0.0491. The van der Waals surface area contributed by atoms with Gasteiger partial charge >= 0.3 is 0 Å². The van der Waals surface area contributed by atoms with Crippen LogP contribution in [0, 0.1) is 10.1 Å². The van der Waals surface area contributed by atoms with Crippen molar-refractivity contribution in [3.05, 3.63) is 46.5 Å². The number of nitro benzene ring substituents is 1. The molecule has 31 heavy (non-hydrogen) atoms. The van der Waals surface area contributed by atoms with Crippen LogP contribution in [-0.2, 0) is 14.8 Å². The van der Waals surface area contributed by atoms with Gasteiger partial charge in [0.25, 0.3) is 5.69 Å². The number of piperazine rings is 1. The van der Waals surface area contributed by atoms with Crippen molar-refractivity contribution in [1.82, 2.24) is 14.5 Å². The van der Waals surface area contributed by atoms with Crippen LogP contribution in [0.4, 0.5) is 17.3 Å². The molecule has 0 radical (unpaired) electrons. The third kappa shape index (κ3) is 4.92. The SMILES string of the molecule is O=[N+]([O-])c1ccc(S(=O)(=O)N2CCN(c3ccc(NCC4CCCO4)nn3)CC2)cc1. The summed E-state index contributed by atoms with van der Waals surface area (Å²) < 4.78 is 32.6. The number of non-ortho nitro benzene ring substituents is 1. The molecule has 0 saturated carbocycles. The standard InChI is InChI=1S/C19H24N6O5S/c26-25(27)15-3-5-17(6-4-15)31(28,29)24-11-9-23(10-12-24)19-8-7-18(21-22-19)20-14-16-2-1-13-30-16/h3-8,16H,1-2,9-14H2,(H,20,21). The highest BCUT2D eigenvalue weighted by Gasteiger charge is 2.29. The van der Waals surface area contributed by atoms with Crippen molar-refractivity contribution in [2.24, 2.45) is 0 Å². The molecule has 166 valence electrons.